The zero-order chi connectivity index (χ0) is 24.1. The Bertz CT molecular complexity index is 1400. The molecule has 35 heavy (non-hydrogen) atoms. The average molecular weight is 594 g/mol. The maximum atomic E-state index is 13.7. The monoisotopic (exact) mass is 592 g/mol. The fourth-order valence-corrected chi connectivity index (χ4v) is 5.16. The van der Waals surface area contributed by atoms with Crippen molar-refractivity contribution in [3.63, 3.8) is 0 Å². The summed E-state index contributed by atoms with van der Waals surface area (Å²) in [6.07, 6.45) is -0.947. The zero-order valence-corrected chi connectivity index (χ0v) is 21.3. The number of rotatable bonds is 4. The van der Waals surface area contributed by atoms with Crippen LogP contribution in [0.5, 0.6) is 0 Å². The van der Waals surface area contributed by atoms with Crippen LogP contribution in [0.25, 0.3) is 11.3 Å². The number of para-hydroxylation sites is 1. The molecule has 2 saturated heterocycles. The van der Waals surface area contributed by atoms with Gasteiger partial charge in [0.25, 0.3) is 5.91 Å². The Balaban J connectivity index is 1.41. The summed E-state index contributed by atoms with van der Waals surface area (Å²) in [5.74, 6) is -0.225. The van der Waals surface area contributed by atoms with E-state index in [4.69, 9.17) is 9.25 Å². The number of benzene rings is 3. The third-order valence-electron chi connectivity index (χ3n) is 6.26. The minimum Gasteiger partial charge on any atom is -0.459 e. The van der Waals surface area contributed by atoms with Crippen molar-refractivity contribution < 1.29 is 18.8 Å². The average Bonchev–Trinajstić information content (AvgIpc) is 3.56. The highest BCUT2D eigenvalue weighted by molar-refractivity contribution is 9.10. The van der Waals surface area contributed by atoms with Gasteiger partial charge in [-0.2, -0.15) is 0 Å². The maximum Gasteiger partial charge on any atom is 0.266 e. The first-order valence-corrected chi connectivity index (χ1v) is 12.6. The van der Waals surface area contributed by atoms with Gasteiger partial charge in [-0.15, -0.1) is 0 Å². The number of amides is 2. The minimum absolute atomic E-state index is 0.313. The fraction of sp³-hybridized carbons (Fsp3) is 0.111. The molecule has 0 unspecified atom stereocenters. The van der Waals surface area contributed by atoms with Crippen molar-refractivity contribution in [1.82, 2.24) is 0 Å². The molecule has 174 valence electrons. The van der Waals surface area contributed by atoms with Gasteiger partial charge in [-0.05, 0) is 60.7 Å². The molecular weight excluding hydrogens is 576 g/mol. The van der Waals surface area contributed by atoms with Crippen LogP contribution in [-0.4, -0.2) is 17.9 Å². The summed E-state index contributed by atoms with van der Waals surface area (Å²) in [6.45, 7) is 0. The Morgan fingerprint density at radius 3 is 2.03 bits per heavy atom. The third-order valence-corrected chi connectivity index (χ3v) is 7.32. The molecule has 6 nitrogen and oxygen atoms in total. The molecule has 0 spiro atoms. The predicted octanol–water partition coefficient (Wildman–Crippen LogP) is 6.52. The van der Waals surface area contributed by atoms with Crippen LogP contribution in [0.15, 0.2) is 104 Å². The summed E-state index contributed by atoms with van der Waals surface area (Å²) in [6, 6.07) is 27.4. The van der Waals surface area contributed by atoms with Gasteiger partial charge in [-0.25, -0.2) is 9.96 Å². The molecule has 2 aliphatic heterocycles. The van der Waals surface area contributed by atoms with E-state index in [1.54, 1.807) is 29.3 Å². The number of carbonyl (C=O) groups excluding carboxylic acids is 2. The summed E-state index contributed by atoms with van der Waals surface area (Å²) in [4.78, 5) is 34.5. The van der Waals surface area contributed by atoms with Crippen molar-refractivity contribution in [3.05, 3.63) is 106 Å². The third kappa shape index (κ3) is 3.82. The number of hydrogen-bond acceptors (Lipinski definition) is 5. The van der Waals surface area contributed by atoms with Crippen molar-refractivity contribution in [1.29, 1.82) is 0 Å². The number of hydrogen-bond donors (Lipinski definition) is 0. The van der Waals surface area contributed by atoms with E-state index in [1.807, 2.05) is 66.7 Å². The van der Waals surface area contributed by atoms with E-state index in [-0.39, 0.29) is 11.8 Å². The van der Waals surface area contributed by atoms with Crippen molar-refractivity contribution in [3.8, 4) is 11.3 Å². The lowest BCUT2D eigenvalue weighted by atomic mass is 9.94. The van der Waals surface area contributed by atoms with Crippen molar-refractivity contribution in [2.75, 3.05) is 9.96 Å². The first-order chi connectivity index (χ1) is 17.0. The number of carbonyl (C=O) groups is 2. The van der Waals surface area contributed by atoms with Crippen LogP contribution in [-0.2, 0) is 14.4 Å². The number of halogens is 2. The fourth-order valence-electron chi connectivity index (χ4n) is 4.63. The Hall–Kier alpha value is -3.20. The van der Waals surface area contributed by atoms with E-state index in [1.165, 1.54) is 4.90 Å². The molecule has 4 aromatic rings. The summed E-state index contributed by atoms with van der Waals surface area (Å²) in [5.41, 5.74) is 2.16. The van der Waals surface area contributed by atoms with Gasteiger partial charge >= 0.3 is 0 Å². The Morgan fingerprint density at radius 1 is 0.686 bits per heavy atom. The highest BCUT2D eigenvalue weighted by atomic mass is 79.9. The van der Waals surface area contributed by atoms with Gasteiger partial charge in [0.2, 0.25) is 5.91 Å². The lowest BCUT2D eigenvalue weighted by Gasteiger charge is -2.27. The molecular formula is C27H18Br2N2O4. The largest absolute Gasteiger partial charge is 0.459 e. The van der Waals surface area contributed by atoms with Crippen LogP contribution in [0.1, 0.15) is 11.8 Å². The van der Waals surface area contributed by atoms with Gasteiger partial charge in [0.15, 0.2) is 6.10 Å². The van der Waals surface area contributed by atoms with Gasteiger partial charge in [-0.1, -0.05) is 62.2 Å². The molecule has 2 fully saturated rings. The van der Waals surface area contributed by atoms with Crippen molar-refractivity contribution >= 4 is 55.0 Å². The van der Waals surface area contributed by atoms with Crippen LogP contribution in [0.2, 0.25) is 0 Å². The van der Waals surface area contributed by atoms with Crippen LogP contribution in [0.4, 0.5) is 11.4 Å². The molecule has 3 aromatic carbocycles. The van der Waals surface area contributed by atoms with Gasteiger partial charge in [0, 0.05) is 14.5 Å². The van der Waals surface area contributed by atoms with Crippen LogP contribution < -0.4 is 9.96 Å². The second-order valence-electron chi connectivity index (χ2n) is 8.36. The molecule has 0 saturated carbocycles. The topological polar surface area (TPSA) is 63.0 Å². The molecule has 3 heterocycles. The highest BCUT2D eigenvalue weighted by Crippen LogP contribution is 2.48. The molecule has 8 heteroatoms. The maximum absolute atomic E-state index is 13.7. The van der Waals surface area contributed by atoms with Gasteiger partial charge in [0.1, 0.15) is 23.5 Å². The van der Waals surface area contributed by atoms with Gasteiger partial charge in [-0.3, -0.25) is 14.4 Å². The van der Waals surface area contributed by atoms with E-state index in [2.05, 4.69) is 31.9 Å². The normalized spacial score (nSPS) is 21.6. The summed E-state index contributed by atoms with van der Waals surface area (Å²) in [5, 5.41) is 1.63. The summed E-state index contributed by atoms with van der Waals surface area (Å²) in [7, 11) is 0. The second-order valence-corrected chi connectivity index (χ2v) is 10.2. The molecule has 0 radical (unpaired) electrons. The molecule has 0 aliphatic carbocycles. The SMILES string of the molecule is O=C1[C@@H]2[C@@H](c3ccc(-c4ccc(Br)cc4)o3)N(c3ccccc3)O[C@H]2C(=O)N1c1ccc(Br)cc1. The number of anilines is 2. The van der Waals surface area contributed by atoms with E-state index in [0.29, 0.717) is 17.2 Å². The number of fused-ring (bicyclic) bond motifs is 1. The van der Waals surface area contributed by atoms with Crippen LogP contribution in [0.3, 0.4) is 0 Å². The summed E-state index contributed by atoms with van der Waals surface area (Å²) >= 11 is 6.85. The number of hydroxylamine groups is 1. The second kappa shape index (κ2) is 8.78. The lowest BCUT2D eigenvalue weighted by Crippen LogP contribution is -2.37. The lowest BCUT2D eigenvalue weighted by molar-refractivity contribution is -0.126. The predicted molar refractivity (Wildman–Crippen MR) is 139 cm³/mol. The molecule has 1 aromatic heterocycles. The Kier molecular flexibility index (Phi) is 5.59. The molecule has 2 aliphatic rings. The van der Waals surface area contributed by atoms with Crippen LogP contribution >= 0.6 is 31.9 Å². The molecule has 0 N–H and O–H groups in total. The molecule has 6 rings (SSSR count). The minimum atomic E-state index is -0.947. The number of nitrogens with zero attached hydrogens (tertiary/aromatic N) is 2. The van der Waals surface area contributed by atoms with E-state index in [0.717, 1.165) is 20.2 Å². The number of furan rings is 1. The van der Waals surface area contributed by atoms with Crippen molar-refractivity contribution in [2.45, 2.75) is 12.1 Å². The quantitative estimate of drug-likeness (QED) is 0.252. The zero-order valence-electron chi connectivity index (χ0n) is 18.2. The molecule has 2 amide bonds. The Morgan fingerprint density at radius 2 is 1.34 bits per heavy atom. The van der Waals surface area contributed by atoms with E-state index in [9.17, 15) is 9.59 Å². The standard InChI is InChI=1S/C27H18Br2N2O4/c28-17-8-6-16(7-9-17)21-14-15-22(34-21)24-23-25(35-31(24)20-4-2-1-3-5-20)27(33)30(26(23)32)19-12-10-18(29)11-13-19/h1-15,23-25H/t23-,24-,25-/m1/s1. The van der Waals surface area contributed by atoms with Gasteiger partial charge < -0.3 is 4.42 Å². The number of imide groups is 1. The van der Waals surface area contributed by atoms with Crippen LogP contribution in [0, 0.1) is 5.92 Å². The van der Waals surface area contributed by atoms with Gasteiger partial charge in [0.05, 0.1) is 11.4 Å². The Labute approximate surface area is 218 Å². The summed E-state index contributed by atoms with van der Waals surface area (Å²) < 4.78 is 8.10. The smallest absolute Gasteiger partial charge is 0.266 e. The molecule has 3 atom stereocenters. The molecule has 0 bridgehead atoms. The van der Waals surface area contributed by atoms with E-state index < -0.39 is 18.1 Å². The first kappa shape index (κ1) is 22.3. The first-order valence-electron chi connectivity index (χ1n) is 11.0. The van der Waals surface area contributed by atoms with E-state index >= 15 is 0 Å². The van der Waals surface area contributed by atoms with Crippen molar-refractivity contribution in [2.24, 2.45) is 5.92 Å². The highest BCUT2D eigenvalue weighted by Gasteiger charge is 2.61.